The van der Waals surface area contributed by atoms with Gasteiger partial charge < -0.3 is 10.0 Å². The lowest BCUT2D eigenvalue weighted by atomic mass is 9.87. The molecule has 4 aromatic carbocycles. The van der Waals surface area contributed by atoms with Crippen molar-refractivity contribution in [2.75, 3.05) is 4.90 Å². The van der Waals surface area contributed by atoms with Gasteiger partial charge in [-0.3, -0.25) is 9.59 Å². The van der Waals surface area contributed by atoms with E-state index in [2.05, 4.69) is 6.07 Å². The summed E-state index contributed by atoms with van der Waals surface area (Å²) >= 11 is 6.24. The Morgan fingerprint density at radius 2 is 1.71 bits per heavy atom. The van der Waals surface area contributed by atoms with Crippen molar-refractivity contribution in [3.05, 3.63) is 112 Å². The van der Waals surface area contributed by atoms with E-state index in [1.807, 2.05) is 56.3 Å². The van der Waals surface area contributed by atoms with Gasteiger partial charge in [0.15, 0.2) is 11.4 Å². The molecule has 5 heteroatoms. The number of carbonyl (C=O) groups excluding carboxylic acids is 2. The number of anilines is 1. The molecule has 1 atom stereocenters. The summed E-state index contributed by atoms with van der Waals surface area (Å²) in [7, 11) is 0. The second kappa shape index (κ2) is 8.39. The highest BCUT2D eigenvalue weighted by molar-refractivity contribution is 6.31. The first-order valence-corrected chi connectivity index (χ1v) is 11.6. The molecule has 5 rings (SSSR count). The van der Waals surface area contributed by atoms with Crippen molar-refractivity contribution < 1.29 is 14.7 Å². The molecule has 0 aromatic heterocycles. The molecule has 1 unspecified atom stereocenters. The van der Waals surface area contributed by atoms with Crippen molar-refractivity contribution in [1.29, 1.82) is 0 Å². The first-order chi connectivity index (χ1) is 16.3. The first kappa shape index (κ1) is 22.3. The van der Waals surface area contributed by atoms with Crippen LogP contribution in [0.4, 0.5) is 5.69 Å². The van der Waals surface area contributed by atoms with E-state index >= 15 is 0 Å². The Kier molecular flexibility index (Phi) is 5.51. The average molecular weight is 470 g/mol. The number of hydrogen-bond acceptors (Lipinski definition) is 3. The maximum atomic E-state index is 13.6. The number of carbonyl (C=O) groups is 2. The molecule has 34 heavy (non-hydrogen) atoms. The van der Waals surface area contributed by atoms with E-state index in [4.69, 9.17) is 11.6 Å². The van der Waals surface area contributed by atoms with Crippen molar-refractivity contribution in [1.82, 2.24) is 0 Å². The molecular formula is C29H24ClNO3. The number of aryl methyl sites for hydroxylation is 2. The van der Waals surface area contributed by atoms with Crippen LogP contribution in [0, 0.1) is 13.8 Å². The Morgan fingerprint density at radius 3 is 2.47 bits per heavy atom. The molecule has 0 spiro atoms. The minimum absolute atomic E-state index is 0.298. The Bertz CT molecular complexity index is 1460. The van der Waals surface area contributed by atoms with Crippen molar-refractivity contribution in [2.24, 2.45) is 0 Å². The van der Waals surface area contributed by atoms with E-state index in [1.54, 1.807) is 35.2 Å². The van der Waals surface area contributed by atoms with Crippen LogP contribution in [-0.2, 0) is 16.9 Å². The lowest BCUT2D eigenvalue weighted by Crippen LogP contribution is -2.41. The molecule has 0 saturated carbocycles. The number of Topliss-reactive ketones (excluding diaryl/α,β-unsaturated/α-hetero) is 1. The molecule has 0 bridgehead atoms. The Hall–Kier alpha value is -3.47. The van der Waals surface area contributed by atoms with Gasteiger partial charge in [-0.25, -0.2) is 0 Å². The van der Waals surface area contributed by atoms with E-state index in [1.165, 1.54) is 0 Å². The fourth-order valence-electron chi connectivity index (χ4n) is 4.74. The molecular weight excluding hydrogens is 446 g/mol. The summed E-state index contributed by atoms with van der Waals surface area (Å²) in [4.78, 5) is 28.5. The largest absolute Gasteiger partial charge is 0.375 e. The zero-order valence-corrected chi connectivity index (χ0v) is 19.8. The zero-order valence-electron chi connectivity index (χ0n) is 19.0. The number of rotatable bonds is 5. The number of nitrogens with zero attached hydrogens (tertiary/aromatic N) is 1. The standard InChI is InChI=1S/C29H24ClNO3/c1-18-7-8-23(19(2)13-18)17-31-26-12-11-24(30)15-25(26)29(34,28(31)33)16-27(32)22-10-9-20-5-3-4-6-21(20)14-22/h3-15,34H,16-17H2,1-2H3. The molecule has 4 nitrogen and oxygen atoms in total. The van der Waals surface area contributed by atoms with Gasteiger partial charge in [0.25, 0.3) is 5.91 Å². The van der Waals surface area contributed by atoms with Gasteiger partial charge in [-0.1, -0.05) is 71.8 Å². The maximum absolute atomic E-state index is 13.6. The molecule has 0 radical (unpaired) electrons. The van der Waals surface area contributed by atoms with E-state index in [0.717, 1.165) is 27.5 Å². The number of aliphatic hydroxyl groups is 1. The number of benzene rings is 4. The molecule has 0 fully saturated rings. The first-order valence-electron chi connectivity index (χ1n) is 11.2. The monoisotopic (exact) mass is 469 g/mol. The van der Waals surface area contributed by atoms with Crippen LogP contribution in [-0.4, -0.2) is 16.8 Å². The number of ketones is 1. The summed E-state index contributed by atoms with van der Waals surface area (Å²) in [6.45, 7) is 4.32. The van der Waals surface area contributed by atoms with Gasteiger partial charge in [0, 0.05) is 16.1 Å². The highest BCUT2D eigenvalue weighted by atomic mass is 35.5. The lowest BCUT2D eigenvalue weighted by molar-refractivity contribution is -0.136. The van der Waals surface area contributed by atoms with Crippen molar-refractivity contribution in [2.45, 2.75) is 32.4 Å². The molecule has 1 aliphatic heterocycles. The number of halogens is 1. The smallest absolute Gasteiger partial charge is 0.264 e. The molecule has 1 N–H and O–H groups in total. The third-order valence-corrected chi connectivity index (χ3v) is 6.84. The van der Waals surface area contributed by atoms with Crippen molar-refractivity contribution in [3.63, 3.8) is 0 Å². The quantitative estimate of drug-likeness (QED) is 0.358. The molecule has 170 valence electrons. The summed E-state index contributed by atoms with van der Waals surface area (Å²) in [5.74, 6) is -0.820. The van der Waals surface area contributed by atoms with E-state index < -0.39 is 11.5 Å². The Morgan fingerprint density at radius 1 is 0.941 bits per heavy atom. The second-order valence-electron chi connectivity index (χ2n) is 9.00. The van der Waals surface area contributed by atoms with Gasteiger partial charge >= 0.3 is 0 Å². The van der Waals surface area contributed by atoms with Crippen LogP contribution in [0.1, 0.15) is 39.0 Å². The summed E-state index contributed by atoms with van der Waals surface area (Å²) in [5, 5.41) is 14.0. The third-order valence-electron chi connectivity index (χ3n) is 6.61. The zero-order chi connectivity index (χ0) is 24.0. The van der Waals surface area contributed by atoms with Gasteiger partial charge in [-0.05, 0) is 60.0 Å². The summed E-state index contributed by atoms with van der Waals surface area (Å²) in [5.41, 5.74) is 2.58. The predicted octanol–water partition coefficient (Wildman–Crippen LogP) is 6.12. The van der Waals surface area contributed by atoms with Crippen LogP contribution >= 0.6 is 11.6 Å². The predicted molar refractivity (Wildman–Crippen MR) is 135 cm³/mol. The van der Waals surface area contributed by atoms with Crippen LogP contribution in [0.15, 0.2) is 78.9 Å². The Balaban J connectivity index is 1.51. The highest BCUT2D eigenvalue weighted by Crippen LogP contribution is 2.45. The van der Waals surface area contributed by atoms with Gasteiger partial charge in [0.05, 0.1) is 18.7 Å². The van der Waals surface area contributed by atoms with Gasteiger partial charge in [0.1, 0.15) is 0 Å². The van der Waals surface area contributed by atoms with E-state index in [-0.39, 0.29) is 12.2 Å². The normalized spacial score (nSPS) is 17.3. The third kappa shape index (κ3) is 3.79. The maximum Gasteiger partial charge on any atom is 0.264 e. The molecule has 1 heterocycles. The molecule has 1 aliphatic rings. The molecule has 0 aliphatic carbocycles. The lowest BCUT2D eigenvalue weighted by Gasteiger charge is -2.23. The minimum atomic E-state index is -1.98. The Labute approximate surface area is 203 Å². The van der Waals surface area contributed by atoms with E-state index in [9.17, 15) is 14.7 Å². The highest BCUT2D eigenvalue weighted by Gasteiger charge is 2.51. The minimum Gasteiger partial charge on any atom is -0.375 e. The van der Waals surface area contributed by atoms with Gasteiger partial charge in [-0.2, -0.15) is 0 Å². The fraction of sp³-hybridized carbons (Fsp3) is 0.172. The summed E-state index contributed by atoms with van der Waals surface area (Å²) in [6, 6.07) is 24.2. The summed E-state index contributed by atoms with van der Waals surface area (Å²) in [6.07, 6.45) is -0.360. The van der Waals surface area contributed by atoms with Crippen LogP contribution in [0.25, 0.3) is 10.8 Å². The van der Waals surface area contributed by atoms with Gasteiger partial charge in [-0.15, -0.1) is 0 Å². The van der Waals surface area contributed by atoms with Gasteiger partial charge in [0.2, 0.25) is 0 Å². The van der Waals surface area contributed by atoms with Crippen molar-refractivity contribution >= 4 is 39.8 Å². The van der Waals surface area contributed by atoms with Crippen LogP contribution < -0.4 is 4.90 Å². The van der Waals surface area contributed by atoms with Crippen LogP contribution in [0.2, 0.25) is 5.02 Å². The molecule has 1 amide bonds. The summed E-state index contributed by atoms with van der Waals surface area (Å²) < 4.78 is 0. The van der Waals surface area contributed by atoms with Crippen LogP contribution in [0.5, 0.6) is 0 Å². The SMILES string of the molecule is Cc1ccc(CN2C(=O)C(O)(CC(=O)c3ccc4ccccc4c3)c3cc(Cl)ccc32)c(C)c1. The number of amides is 1. The average Bonchev–Trinajstić information content (AvgIpc) is 3.01. The van der Waals surface area contributed by atoms with Crippen molar-refractivity contribution in [3.8, 4) is 0 Å². The number of fused-ring (bicyclic) bond motifs is 2. The van der Waals surface area contributed by atoms with E-state index in [0.29, 0.717) is 28.4 Å². The topological polar surface area (TPSA) is 57.6 Å². The molecule has 4 aromatic rings. The second-order valence-corrected chi connectivity index (χ2v) is 9.44. The number of hydrogen-bond donors (Lipinski definition) is 1. The molecule has 0 saturated heterocycles. The fourth-order valence-corrected chi connectivity index (χ4v) is 4.91. The van der Waals surface area contributed by atoms with Crippen LogP contribution in [0.3, 0.4) is 0 Å².